The predicted molar refractivity (Wildman–Crippen MR) is 79.3 cm³/mol. The van der Waals surface area contributed by atoms with Crippen molar-refractivity contribution in [2.45, 2.75) is 19.3 Å². The van der Waals surface area contributed by atoms with Gasteiger partial charge in [0.2, 0.25) is 0 Å². The maximum Gasteiger partial charge on any atom is 0.0424 e. The maximum absolute atomic E-state index is 4.42. The van der Waals surface area contributed by atoms with Crippen molar-refractivity contribution < 1.29 is 0 Å². The summed E-state index contributed by atoms with van der Waals surface area (Å²) >= 11 is 1.74. The second-order valence-electron chi connectivity index (χ2n) is 3.67. The molecule has 0 N–H and O–H groups in total. The van der Waals surface area contributed by atoms with Crippen molar-refractivity contribution in [1.29, 1.82) is 0 Å². The molecule has 1 heterocycles. The van der Waals surface area contributed by atoms with E-state index in [0.29, 0.717) is 0 Å². The van der Waals surface area contributed by atoms with Crippen molar-refractivity contribution in [2.24, 2.45) is 4.99 Å². The zero-order valence-corrected chi connectivity index (χ0v) is 11.0. The molecule has 0 fully saturated rings. The highest BCUT2D eigenvalue weighted by atomic mass is 32.1. The number of nitrogens with zero attached hydrogens (tertiary/aromatic N) is 1. The minimum Gasteiger partial charge on any atom is -0.292 e. The van der Waals surface area contributed by atoms with Crippen LogP contribution in [0.3, 0.4) is 0 Å². The fourth-order valence-electron chi connectivity index (χ4n) is 1.41. The molecule has 0 atom stereocenters. The molecule has 0 aliphatic rings. The van der Waals surface area contributed by atoms with Crippen LogP contribution in [0.4, 0.5) is 0 Å². The molecule has 1 rings (SSSR count). The summed E-state index contributed by atoms with van der Waals surface area (Å²) in [5, 5.41) is 4.35. The molecule has 1 aromatic rings. The number of allylic oxidation sites excluding steroid dienone is 3. The van der Waals surface area contributed by atoms with Gasteiger partial charge in [0.15, 0.2) is 0 Å². The summed E-state index contributed by atoms with van der Waals surface area (Å²) in [6.45, 7) is 8.21. The van der Waals surface area contributed by atoms with Crippen molar-refractivity contribution in [1.82, 2.24) is 0 Å². The topological polar surface area (TPSA) is 12.4 Å². The number of aryl methyl sites for hydroxylation is 1. The third kappa shape index (κ3) is 5.45. The van der Waals surface area contributed by atoms with E-state index >= 15 is 0 Å². The van der Waals surface area contributed by atoms with Crippen LogP contribution in [0.1, 0.15) is 24.0 Å². The lowest BCUT2D eigenvalue weighted by Gasteiger charge is -1.96. The molecule has 0 spiro atoms. The van der Waals surface area contributed by atoms with Crippen LogP contribution in [0.2, 0.25) is 0 Å². The first-order valence-electron chi connectivity index (χ1n) is 5.82. The predicted octanol–water partition coefficient (Wildman–Crippen LogP) is 4.42. The summed E-state index contributed by atoms with van der Waals surface area (Å²) in [5.41, 5.74) is 2.63. The Bertz CT molecular complexity index is 399. The second-order valence-corrected chi connectivity index (χ2v) is 4.41. The monoisotopic (exact) mass is 245 g/mol. The van der Waals surface area contributed by atoms with E-state index in [1.165, 1.54) is 11.1 Å². The molecule has 1 nitrogen and oxygen atoms in total. The van der Waals surface area contributed by atoms with Gasteiger partial charge in [-0.1, -0.05) is 30.9 Å². The van der Waals surface area contributed by atoms with E-state index in [2.05, 4.69) is 35.0 Å². The smallest absolute Gasteiger partial charge is 0.0424 e. The third-order valence-electron chi connectivity index (χ3n) is 2.32. The largest absolute Gasteiger partial charge is 0.292 e. The van der Waals surface area contributed by atoms with E-state index in [9.17, 15) is 0 Å². The van der Waals surface area contributed by atoms with Gasteiger partial charge in [0, 0.05) is 18.3 Å². The zero-order valence-electron chi connectivity index (χ0n) is 10.1. The summed E-state index contributed by atoms with van der Waals surface area (Å²) in [6, 6.07) is 0. The minimum atomic E-state index is 0.834. The Hall–Kier alpha value is -1.41. The number of hydrogen-bond donors (Lipinski definition) is 0. The van der Waals surface area contributed by atoms with Crippen LogP contribution in [0, 0.1) is 0 Å². The molecule has 90 valence electrons. The van der Waals surface area contributed by atoms with E-state index in [4.69, 9.17) is 0 Å². The molecule has 1 aromatic heterocycles. The highest BCUT2D eigenvalue weighted by Gasteiger charge is 1.99. The molecule has 0 saturated carbocycles. The molecule has 17 heavy (non-hydrogen) atoms. The Kier molecular flexibility index (Phi) is 6.99. The normalized spacial score (nSPS) is 11.3. The molecule has 2 heteroatoms. The van der Waals surface area contributed by atoms with Crippen molar-refractivity contribution in [3.8, 4) is 0 Å². The van der Waals surface area contributed by atoms with Crippen LogP contribution in [0.5, 0.6) is 0 Å². The molecule has 0 aliphatic carbocycles. The van der Waals surface area contributed by atoms with Crippen LogP contribution < -0.4 is 0 Å². The molecular formula is C15H19NS. The summed E-state index contributed by atoms with van der Waals surface area (Å²) in [5.74, 6) is 0. The molecule has 0 aromatic carbocycles. The molecule has 0 amide bonds. The lowest BCUT2D eigenvalue weighted by Crippen LogP contribution is -1.88. The van der Waals surface area contributed by atoms with E-state index in [-0.39, 0.29) is 0 Å². The average molecular weight is 245 g/mol. The second kappa shape index (κ2) is 8.71. The standard InChI is InChI=1S/C15H19NS/c1-3-5-7-8-10-16-11-15-13-17-12-14(15)9-6-4-2/h3-5,7,11-13H,1-2,6,8-10H2/b7-5-,16-11?. The molecule has 0 radical (unpaired) electrons. The van der Waals surface area contributed by atoms with Gasteiger partial charge in [0.1, 0.15) is 0 Å². The molecule has 0 bridgehead atoms. The highest BCUT2D eigenvalue weighted by Crippen LogP contribution is 2.15. The van der Waals surface area contributed by atoms with E-state index in [1.807, 2.05) is 18.4 Å². The summed E-state index contributed by atoms with van der Waals surface area (Å²) in [6.07, 6.45) is 12.8. The van der Waals surface area contributed by atoms with Crippen LogP contribution >= 0.6 is 11.3 Å². The lowest BCUT2D eigenvalue weighted by atomic mass is 10.1. The van der Waals surface area contributed by atoms with Crippen LogP contribution in [0.25, 0.3) is 0 Å². The first-order valence-corrected chi connectivity index (χ1v) is 6.76. The summed E-state index contributed by atoms with van der Waals surface area (Å²) in [7, 11) is 0. The van der Waals surface area contributed by atoms with Gasteiger partial charge in [-0.2, -0.15) is 11.3 Å². The van der Waals surface area contributed by atoms with Gasteiger partial charge in [0.25, 0.3) is 0 Å². The van der Waals surface area contributed by atoms with Crippen LogP contribution in [-0.4, -0.2) is 12.8 Å². The SMILES string of the molecule is C=C/C=C\CCN=Cc1cscc1CCC=C. The number of rotatable bonds is 8. The molecule has 0 aliphatic heterocycles. The van der Waals surface area contributed by atoms with E-state index in [0.717, 1.165) is 25.8 Å². The Morgan fingerprint density at radius 1 is 1.24 bits per heavy atom. The molecule has 0 unspecified atom stereocenters. The Labute approximate surface area is 108 Å². The van der Waals surface area contributed by atoms with Crippen LogP contribution in [-0.2, 0) is 6.42 Å². The van der Waals surface area contributed by atoms with Crippen molar-refractivity contribution in [2.75, 3.05) is 6.54 Å². The van der Waals surface area contributed by atoms with E-state index < -0.39 is 0 Å². The Morgan fingerprint density at radius 2 is 2.12 bits per heavy atom. The quantitative estimate of drug-likeness (QED) is 0.278. The number of aliphatic imine (C=N–C) groups is 1. The summed E-state index contributed by atoms with van der Waals surface area (Å²) in [4.78, 5) is 4.42. The van der Waals surface area contributed by atoms with Crippen molar-refractivity contribution in [3.63, 3.8) is 0 Å². The molecular weight excluding hydrogens is 226 g/mol. The fourth-order valence-corrected chi connectivity index (χ4v) is 2.26. The Morgan fingerprint density at radius 3 is 2.88 bits per heavy atom. The van der Waals surface area contributed by atoms with Gasteiger partial charge in [-0.15, -0.1) is 6.58 Å². The lowest BCUT2D eigenvalue weighted by molar-refractivity contribution is 1.000. The third-order valence-corrected chi connectivity index (χ3v) is 3.13. The number of thiophene rings is 1. The fraction of sp³-hybridized carbons (Fsp3) is 0.267. The van der Waals surface area contributed by atoms with Crippen LogP contribution in [0.15, 0.2) is 53.2 Å². The van der Waals surface area contributed by atoms with Crippen molar-refractivity contribution in [3.05, 3.63) is 59.3 Å². The Balaban J connectivity index is 2.41. The van der Waals surface area contributed by atoms with Crippen molar-refractivity contribution >= 4 is 17.6 Å². The van der Waals surface area contributed by atoms with Gasteiger partial charge in [-0.25, -0.2) is 0 Å². The van der Waals surface area contributed by atoms with Gasteiger partial charge >= 0.3 is 0 Å². The number of hydrogen-bond acceptors (Lipinski definition) is 2. The first kappa shape index (κ1) is 13.7. The van der Waals surface area contributed by atoms with Gasteiger partial charge < -0.3 is 0 Å². The first-order chi connectivity index (χ1) is 8.38. The summed E-state index contributed by atoms with van der Waals surface area (Å²) < 4.78 is 0. The maximum atomic E-state index is 4.42. The van der Waals surface area contributed by atoms with E-state index in [1.54, 1.807) is 17.4 Å². The van der Waals surface area contributed by atoms with Gasteiger partial charge in [-0.3, -0.25) is 4.99 Å². The zero-order chi connectivity index (χ0) is 12.3. The highest BCUT2D eigenvalue weighted by molar-refractivity contribution is 7.08. The van der Waals surface area contributed by atoms with Gasteiger partial charge in [0.05, 0.1) is 0 Å². The molecule has 0 saturated heterocycles. The van der Waals surface area contributed by atoms with Gasteiger partial charge in [-0.05, 0) is 35.6 Å². The minimum absolute atomic E-state index is 0.834. The average Bonchev–Trinajstić information content (AvgIpc) is 2.78.